The summed E-state index contributed by atoms with van der Waals surface area (Å²) in [6, 6.07) is 10.8. The second kappa shape index (κ2) is 3.35. The van der Waals surface area contributed by atoms with Gasteiger partial charge in [-0.15, -0.1) is 0 Å². The molecule has 0 radical (unpaired) electrons. The van der Waals surface area contributed by atoms with E-state index < -0.39 is 0 Å². The molecule has 3 nitrogen and oxygen atoms in total. The van der Waals surface area contributed by atoms with Gasteiger partial charge in [-0.1, -0.05) is 30.3 Å². The molecule has 0 aliphatic carbocycles. The third kappa shape index (κ3) is 1.34. The highest BCUT2D eigenvalue weighted by molar-refractivity contribution is 5.23. The van der Waals surface area contributed by atoms with Crippen LogP contribution in [0, 0.1) is 0 Å². The molecule has 1 aromatic carbocycles. The van der Waals surface area contributed by atoms with Crippen LogP contribution in [0.1, 0.15) is 24.9 Å². The van der Waals surface area contributed by atoms with Crippen molar-refractivity contribution >= 4 is 0 Å². The minimum atomic E-state index is -0.263. The van der Waals surface area contributed by atoms with Gasteiger partial charge in [-0.2, -0.15) is 5.48 Å². The Morgan fingerprint density at radius 1 is 1.43 bits per heavy atom. The number of hydrogen-bond acceptors (Lipinski definition) is 3. The number of nitrogens with one attached hydrogen (secondary N) is 1. The molecular formula is C11H16N2O. The maximum Gasteiger partial charge on any atom is 0.0936 e. The van der Waals surface area contributed by atoms with Gasteiger partial charge in [0.1, 0.15) is 0 Å². The van der Waals surface area contributed by atoms with E-state index in [1.54, 1.807) is 0 Å². The van der Waals surface area contributed by atoms with Crippen LogP contribution >= 0.6 is 0 Å². The van der Waals surface area contributed by atoms with E-state index in [9.17, 15) is 0 Å². The van der Waals surface area contributed by atoms with Crippen LogP contribution in [0.25, 0.3) is 0 Å². The van der Waals surface area contributed by atoms with Gasteiger partial charge in [-0.25, -0.2) is 0 Å². The fraction of sp³-hybridized carbons (Fsp3) is 0.455. The molecule has 1 unspecified atom stereocenters. The Balaban J connectivity index is 2.12. The summed E-state index contributed by atoms with van der Waals surface area (Å²) in [5.74, 6) is 0. The third-order valence-electron chi connectivity index (χ3n) is 3.26. The molecule has 1 fully saturated rings. The van der Waals surface area contributed by atoms with Crippen molar-refractivity contribution in [2.45, 2.75) is 25.0 Å². The Labute approximate surface area is 84.3 Å². The average molecular weight is 192 g/mol. The molecule has 2 atom stereocenters. The summed E-state index contributed by atoms with van der Waals surface area (Å²) in [5.41, 5.74) is 3.40. The standard InChI is InChI=1S/C11H16N2O/c1-11(12-14)8-10(13(11)2)9-6-4-3-5-7-9/h3-7,10,12,14H,8H2,1-2H3/t10-,11?/m0/s1. The first-order valence-electron chi connectivity index (χ1n) is 4.86. The van der Waals surface area contributed by atoms with Crippen molar-refractivity contribution < 1.29 is 5.21 Å². The van der Waals surface area contributed by atoms with Gasteiger partial charge in [0.2, 0.25) is 0 Å². The quantitative estimate of drug-likeness (QED) is 0.701. The predicted molar refractivity (Wildman–Crippen MR) is 54.9 cm³/mol. The van der Waals surface area contributed by atoms with Crippen LogP contribution in [-0.2, 0) is 0 Å². The van der Waals surface area contributed by atoms with E-state index in [4.69, 9.17) is 5.21 Å². The zero-order valence-electron chi connectivity index (χ0n) is 8.57. The lowest BCUT2D eigenvalue weighted by Gasteiger charge is -2.54. The van der Waals surface area contributed by atoms with Crippen LogP contribution in [-0.4, -0.2) is 22.8 Å². The Hall–Kier alpha value is -0.900. The van der Waals surface area contributed by atoms with E-state index in [0.29, 0.717) is 6.04 Å². The summed E-state index contributed by atoms with van der Waals surface area (Å²) in [5, 5.41) is 8.99. The smallest absolute Gasteiger partial charge is 0.0936 e. The van der Waals surface area contributed by atoms with Crippen molar-refractivity contribution in [2.24, 2.45) is 0 Å². The fourth-order valence-corrected chi connectivity index (χ4v) is 2.03. The first-order valence-corrected chi connectivity index (χ1v) is 4.86. The topological polar surface area (TPSA) is 35.5 Å². The summed E-state index contributed by atoms with van der Waals surface area (Å²) in [6.07, 6.45) is 0.935. The molecule has 0 saturated carbocycles. The van der Waals surface area contributed by atoms with Crippen molar-refractivity contribution in [1.29, 1.82) is 0 Å². The predicted octanol–water partition coefficient (Wildman–Crippen LogP) is 1.76. The molecule has 0 spiro atoms. The Morgan fingerprint density at radius 3 is 2.57 bits per heavy atom. The van der Waals surface area contributed by atoms with E-state index in [-0.39, 0.29) is 5.66 Å². The molecule has 2 rings (SSSR count). The Morgan fingerprint density at radius 2 is 2.07 bits per heavy atom. The van der Waals surface area contributed by atoms with Crippen molar-refractivity contribution in [3.63, 3.8) is 0 Å². The lowest BCUT2D eigenvalue weighted by atomic mass is 9.84. The van der Waals surface area contributed by atoms with Crippen LogP contribution in [0.5, 0.6) is 0 Å². The van der Waals surface area contributed by atoms with Gasteiger partial charge in [0.05, 0.1) is 5.66 Å². The third-order valence-corrected chi connectivity index (χ3v) is 3.26. The zero-order valence-corrected chi connectivity index (χ0v) is 8.57. The molecular weight excluding hydrogens is 176 g/mol. The Bertz CT molecular complexity index is 314. The minimum absolute atomic E-state index is 0.263. The molecule has 1 saturated heterocycles. The highest BCUT2D eigenvalue weighted by Gasteiger charge is 2.46. The number of nitrogens with zero attached hydrogens (tertiary/aromatic N) is 1. The maximum absolute atomic E-state index is 8.99. The van der Waals surface area contributed by atoms with E-state index >= 15 is 0 Å². The summed E-state index contributed by atoms with van der Waals surface area (Å²) < 4.78 is 0. The number of hydroxylamine groups is 1. The van der Waals surface area contributed by atoms with Crippen LogP contribution in [0.15, 0.2) is 30.3 Å². The van der Waals surface area contributed by atoms with Gasteiger partial charge in [0, 0.05) is 12.5 Å². The molecule has 1 heterocycles. The van der Waals surface area contributed by atoms with Gasteiger partial charge in [0.25, 0.3) is 0 Å². The molecule has 14 heavy (non-hydrogen) atoms. The largest absolute Gasteiger partial charge is 0.315 e. The van der Waals surface area contributed by atoms with Gasteiger partial charge >= 0.3 is 0 Å². The molecule has 3 heteroatoms. The fourth-order valence-electron chi connectivity index (χ4n) is 2.03. The molecule has 0 amide bonds. The number of hydrogen-bond donors (Lipinski definition) is 2. The molecule has 76 valence electrons. The highest BCUT2D eigenvalue weighted by atomic mass is 16.5. The van der Waals surface area contributed by atoms with Crippen molar-refractivity contribution in [1.82, 2.24) is 10.4 Å². The minimum Gasteiger partial charge on any atom is -0.315 e. The molecule has 1 aromatic rings. The molecule has 2 N–H and O–H groups in total. The van der Waals surface area contributed by atoms with Crippen LogP contribution in [0.4, 0.5) is 0 Å². The van der Waals surface area contributed by atoms with E-state index in [1.165, 1.54) is 5.56 Å². The van der Waals surface area contributed by atoms with Gasteiger partial charge in [-0.05, 0) is 19.5 Å². The van der Waals surface area contributed by atoms with Gasteiger partial charge in [-0.3, -0.25) is 4.90 Å². The molecule has 1 aliphatic heterocycles. The monoisotopic (exact) mass is 192 g/mol. The first kappa shape index (κ1) is 9.65. The van der Waals surface area contributed by atoms with Crippen LogP contribution < -0.4 is 5.48 Å². The van der Waals surface area contributed by atoms with E-state index in [0.717, 1.165) is 6.42 Å². The number of rotatable bonds is 2. The van der Waals surface area contributed by atoms with Crippen LogP contribution in [0.2, 0.25) is 0 Å². The summed E-state index contributed by atoms with van der Waals surface area (Å²) in [6.45, 7) is 1.99. The second-order valence-corrected chi connectivity index (χ2v) is 4.13. The zero-order chi connectivity index (χ0) is 10.2. The van der Waals surface area contributed by atoms with Crippen molar-refractivity contribution in [2.75, 3.05) is 7.05 Å². The number of benzene rings is 1. The molecule has 0 aromatic heterocycles. The van der Waals surface area contributed by atoms with E-state index in [2.05, 4.69) is 22.5 Å². The van der Waals surface area contributed by atoms with E-state index in [1.807, 2.05) is 32.2 Å². The average Bonchev–Trinajstić information content (AvgIpc) is 2.26. The lowest BCUT2D eigenvalue weighted by molar-refractivity contribution is -0.133. The van der Waals surface area contributed by atoms with Crippen LogP contribution in [0.3, 0.4) is 0 Å². The normalized spacial score (nSPS) is 32.6. The maximum atomic E-state index is 8.99. The van der Waals surface area contributed by atoms with Crippen molar-refractivity contribution in [3.8, 4) is 0 Å². The Kier molecular flexibility index (Phi) is 2.31. The number of likely N-dealkylation sites (tertiary alicyclic amines) is 1. The van der Waals surface area contributed by atoms with Gasteiger partial charge in [0.15, 0.2) is 0 Å². The molecule has 1 aliphatic rings. The summed E-state index contributed by atoms with van der Waals surface area (Å²) in [7, 11) is 2.02. The van der Waals surface area contributed by atoms with Gasteiger partial charge < -0.3 is 5.21 Å². The second-order valence-electron chi connectivity index (χ2n) is 4.13. The first-order chi connectivity index (χ1) is 6.67. The summed E-state index contributed by atoms with van der Waals surface area (Å²) >= 11 is 0. The SMILES string of the molecule is CN1[C@H](c2ccccc2)CC1(C)NO. The molecule has 0 bridgehead atoms. The lowest BCUT2D eigenvalue weighted by Crippen LogP contribution is -2.64. The van der Waals surface area contributed by atoms with Crippen molar-refractivity contribution in [3.05, 3.63) is 35.9 Å². The highest BCUT2D eigenvalue weighted by Crippen LogP contribution is 2.42. The summed E-state index contributed by atoms with van der Waals surface area (Å²) in [4.78, 5) is 2.14.